The molecule has 6 atom stereocenters. The van der Waals surface area contributed by atoms with E-state index >= 15 is 0 Å². The molecule has 14 nitrogen and oxygen atoms in total. The molecule has 0 aliphatic heterocycles. The predicted octanol–water partition coefficient (Wildman–Crippen LogP) is 16.8. The molecule has 6 aromatic carbocycles. The molecule has 6 aromatic rings. The number of esters is 2. The van der Waals surface area contributed by atoms with E-state index in [0.717, 1.165) is 11.1 Å². The molecule has 0 bridgehead atoms. The lowest BCUT2D eigenvalue weighted by Crippen LogP contribution is -2.60. The van der Waals surface area contributed by atoms with Gasteiger partial charge in [-0.05, 0) is 164 Å². The molecule has 0 aliphatic carbocycles. The summed E-state index contributed by atoms with van der Waals surface area (Å²) in [7, 11) is 0. The van der Waals surface area contributed by atoms with E-state index in [9.17, 15) is 81.8 Å². The summed E-state index contributed by atoms with van der Waals surface area (Å²) in [6.45, 7) is 18.2. The van der Waals surface area contributed by atoms with E-state index in [-0.39, 0.29) is 35.8 Å². The van der Waals surface area contributed by atoms with Crippen molar-refractivity contribution in [3.05, 3.63) is 212 Å². The maximum atomic E-state index is 13.7. The molecular formula is C70H78F12N2O12. The second-order valence-corrected chi connectivity index (χ2v) is 24.1. The van der Waals surface area contributed by atoms with Crippen LogP contribution in [0, 0.1) is 13.8 Å². The first kappa shape index (κ1) is 79.9. The van der Waals surface area contributed by atoms with E-state index in [1.807, 2.05) is 38.1 Å². The number of alkyl halides is 12. The molecule has 96 heavy (non-hydrogen) atoms. The Labute approximate surface area is 549 Å². The minimum absolute atomic E-state index is 0.00440. The zero-order chi connectivity index (χ0) is 72.4. The van der Waals surface area contributed by atoms with Crippen molar-refractivity contribution in [3.8, 4) is 0 Å². The number of hydrogen-bond acceptors (Lipinski definition) is 12. The molecule has 0 spiro atoms. The topological polar surface area (TPSA) is 185 Å². The fourth-order valence-corrected chi connectivity index (χ4v) is 9.47. The van der Waals surface area contributed by atoms with Gasteiger partial charge in [-0.25, -0.2) is 9.59 Å². The van der Waals surface area contributed by atoms with Crippen molar-refractivity contribution in [1.82, 2.24) is 10.6 Å². The molecule has 0 radical (unpaired) electrons. The van der Waals surface area contributed by atoms with E-state index in [1.165, 1.54) is 38.1 Å². The number of alkyl carbamates (subject to hydrolysis) is 2. The van der Waals surface area contributed by atoms with Crippen molar-refractivity contribution in [1.29, 1.82) is 0 Å². The van der Waals surface area contributed by atoms with Crippen molar-refractivity contribution in [2.75, 3.05) is 26.4 Å². The fourth-order valence-electron chi connectivity index (χ4n) is 9.47. The Balaban J connectivity index is 0.000000354. The standard InChI is InChI=1S/C35H39F6NO6.C24H25F6NO4.C11H14O2/c1-7-46-30(44)28(27-16-12-11-13-21(27)2)29(43)33(24-14-9-8-10-15-24,42-31(45)48-32(4,5)6)20-47-22(3)23-17-25(34(36,37)38)19-26(18-23)35(39,40)41;1-15(16-10-18(23(25,26)27)12-19(11-16)24(28,29)30)34-14-22(13-32,17-8-6-5-7-9-17)31-20(33)35-21(2,3)4;1-3-13-11(12)8-10-7-5-4-6-9(10)2/h8-19,22,28-29,43H,7,20H2,1-6H3,(H,42,45);5-13,15H,14H2,1-4H3,(H,31,33);4-7H,3,8H2,1-2H3/t22-,28?,29?,33-;15-,22-;/m11./s1. The van der Waals surface area contributed by atoms with Gasteiger partial charge in [0.2, 0.25) is 0 Å². The molecule has 0 fully saturated rings. The van der Waals surface area contributed by atoms with Crippen molar-refractivity contribution in [2.24, 2.45) is 0 Å². The lowest BCUT2D eigenvalue weighted by atomic mass is 9.75. The van der Waals surface area contributed by atoms with Gasteiger partial charge in [-0.3, -0.25) is 9.59 Å². The monoisotopic (exact) mass is 1370 g/mol. The SMILES string of the molecule is CCOC(=O)C(c1ccccc1C)C(O)[C@](CO[C@H](C)c1cc(C(F)(F)F)cc(C(F)(F)F)c1)(NC(=O)OC(C)(C)C)c1ccccc1.CCOC(=O)Cc1ccccc1C.C[C@@H](OC[C@@](C=O)(NC(=O)OC(C)(C)C)c1ccccc1)c1cc(C(F)(F)F)cc(C(F)(F)F)c1. The molecule has 6 rings (SSSR count). The number of aliphatic hydroxyl groups is 1. The number of ether oxygens (including phenoxy) is 6. The van der Waals surface area contributed by atoms with Crippen LogP contribution in [0.3, 0.4) is 0 Å². The maximum Gasteiger partial charge on any atom is 0.416 e. The van der Waals surface area contributed by atoms with Crippen LogP contribution >= 0.6 is 0 Å². The first-order valence-electron chi connectivity index (χ1n) is 29.9. The maximum absolute atomic E-state index is 13.7. The van der Waals surface area contributed by atoms with Crippen molar-refractivity contribution in [3.63, 3.8) is 0 Å². The van der Waals surface area contributed by atoms with Gasteiger partial charge < -0.3 is 49.0 Å². The smallest absolute Gasteiger partial charge is 0.416 e. The van der Waals surface area contributed by atoms with Gasteiger partial charge >= 0.3 is 48.8 Å². The number of halogens is 12. The Morgan fingerprint density at radius 3 is 1.27 bits per heavy atom. The Kier molecular flexibility index (Phi) is 27.9. The summed E-state index contributed by atoms with van der Waals surface area (Å²) in [5, 5.41) is 17.4. The van der Waals surface area contributed by atoms with Crippen LogP contribution in [0.15, 0.2) is 146 Å². The molecule has 524 valence electrons. The average Bonchev–Trinajstić information content (AvgIpc) is 0.765. The van der Waals surface area contributed by atoms with E-state index in [1.54, 1.807) is 116 Å². The predicted molar refractivity (Wildman–Crippen MR) is 331 cm³/mol. The van der Waals surface area contributed by atoms with Crippen LogP contribution in [0.4, 0.5) is 62.3 Å². The number of aldehydes is 1. The molecule has 0 saturated heterocycles. The van der Waals surface area contributed by atoms with Gasteiger partial charge in [0.05, 0.1) is 67.3 Å². The van der Waals surface area contributed by atoms with Crippen LogP contribution in [-0.4, -0.2) is 79.3 Å². The third-order valence-corrected chi connectivity index (χ3v) is 14.3. The van der Waals surface area contributed by atoms with Crippen LogP contribution in [0.25, 0.3) is 0 Å². The highest BCUT2D eigenvalue weighted by molar-refractivity contribution is 5.81. The van der Waals surface area contributed by atoms with Crippen LogP contribution in [-0.2, 0) is 85.0 Å². The lowest BCUT2D eigenvalue weighted by Gasteiger charge is -2.42. The third-order valence-electron chi connectivity index (χ3n) is 14.3. The Morgan fingerprint density at radius 2 is 0.875 bits per heavy atom. The van der Waals surface area contributed by atoms with E-state index in [2.05, 4.69) is 10.6 Å². The van der Waals surface area contributed by atoms with Gasteiger partial charge in [-0.2, -0.15) is 52.7 Å². The van der Waals surface area contributed by atoms with Crippen molar-refractivity contribution >= 4 is 30.4 Å². The highest BCUT2D eigenvalue weighted by Crippen LogP contribution is 2.42. The van der Waals surface area contributed by atoms with E-state index < -0.39 is 136 Å². The summed E-state index contributed by atoms with van der Waals surface area (Å²) < 4.78 is 194. The van der Waals surface area contributed by atoms with Crippen LogP contribution < -0.4 is 10.6 Å². The zero-order valence-electron chi connectivity index (χ0n) is 54.8. The zero-order valence-corrected chi connectivity index (χ0v) is 54.8. The van der Waals surface area contributed by atoms with Gasteiger partial charge in [0, 0.05) is 0 Å². The molecule has 26 heteroatoms. The fraction of sp³-hybridized carbons (Fsp3) is 0.414. The summed E-state index contributed by atoms with van der Waals surface area (Å²) in [4.78, 5) is 62.8. The molecular weight excluding hydrogens is 1290 g/mol. The first-order chi connectivity index (χ1) is 44.4. The summed E-state index contributed by atoms with van der Waals surface area (Å²) in [5.74, 6) is -2.46. The highest BCUT2D eigenvalue weighted by Gasteiger charge is 2.51. The minimum Gasteiger partial charge on any atom is -0.466 e. The largest absolute Gasteiger partial charge is 0.466 e. The van der Waals surface area contributed by atoms with Crippen LogP contribution in [0.5, 0.6) is 0 Å². The van der Waals surface area contributed by atoms with Crippen LogP contribution in [0.1, 0.15) is 154 Å². The number of carbonyl (C=O) groups is 5. The number of aryl methyl sites for hydroxylation is 2. The number of carbonyl (C=O) groups excluding carboxylic acids is 5. The van der Waals surface area contributed by atoms with Gasteiger partial charge in [0.15, 0.2) is 6.29 Å². The number of benzene rings is 6. The second-order valence-electron chi connectivity index (χ2n) is 24.1. The van der Waals surface area contributed by atoms with Gasteiger partial charge in [0.25, 0.3) is 0 Å². The van der Waals surface area contributed by atoms with Gasteiger partial charge in [-0.15, -0.1) is 0 Å². The number of rotatable bonds is 21. The van der Waals surface area contributed by atoms with Crippen molar-refractivity contribution < 1.29 is 110 Å². The summed E-state index contributed by atoms with van der Waals surface area (Å²) in [5.41, 5.74) is -9.20. The van der Waals surface area contributed by atoms with E-state index in [0.29, 0.717) is 54.7 Å². The molecule has 0 saturated carbocycles. The summed E-state index contributed by atoms with van der Waals surface area (Å²) in [6.07, 6.45) is -26.1. The van der Waals surface area contributed by atoms with Crippen LogP contribution in [0.2, 0.25) is 0 Å². The number of amides is 2. The van der Waals surface area contributed by atoms with E-state index in [4.69, 9.17) is 28.4 Å². The quantitative estimate of drug-likeness (QED) is 0.0268. The van der Waals surface area contributed by atoms with Gasteiger partial charge in [0.1, 0.15) is 34.3 Å². The number of hydrogen-bond donors (Lipinski definition) is 3. The molecule has 2 unspecified atom stereocenters. The summed E-state index contributed by atoms with van der Waals surface area (Å²) in [6, 6.07) is 32.3. The summed E-state index contributed by atoms with van der Waals surface area (Å²) >= 11 is 0. The first-order valence-corrected chi connectivity index (χ1v) is 29.9. The second kappa shape index (κ2) is 33.5. The minimum atomic E-state index is -5.10. The molecule has 0 heterocycles. The lowest BCUT2D eigenvalue weighted by molar-refractivity contribution is -0.151. The average molecular weight is 1370 g/mol. The number of aliphatic hydroxyl groups excluding tert-OH is 1. The Morgan fingerprint density at radius 1 is 0.490 bits per heavy atom. The Bertz CT molecular complexity index is 3470. The number of nitrogens with one attached hydrogen (secondary N) is 2. The third kappa shape index (κ3) is 23.7. The Hall–Kier alpha value is -8.49. The highest BCUT2D eigenvalue weighted by atomic mass is 19.4. The normalized spacial score (nSPS) is 14.6. The molecule has 3 N–H and O–H groups in total. The van der Waals surface area contributed by atoms with Gasteiger partial charge in [-0.1, -0.05) is 109 Å². The van der Waals surface area contributed by atoms with Crippen molar-refractivity contribution in [2.45, 2.75) is 161 Å². The molecule has 2 amide bonds. The molecule has 0 aromatic heterocycles. The molecule has 0 aliphatic rings.